The van der Waals surface area contributed by atoms with Gasteiger partial charge in [-0.1, -0.05) is 11.6 Å². The molecule has 0 spiro atoms. The van der Waals surface area contributed by atoms with Gasteiger partial charge in [0.15, 0.2) is 0 Å². The molecule has 0 atom stereocenters. The first kappa shape index (κ1) is 11.0. The molecule has 0 aliphatic rings. The van der Waals surface area contributed by atoms with Crippen LogP contribution >= 0.6 is 22.9 Å². The van der Waals surface area contributed by atoms with Crippen LogP contribution in [0.15, 0.2) is 30.0 Å². The fourth-order valence-electron chi connectivity index (χ4n) is 1.14. The number of carbonyl (C=O) groups is 1. The van der Waals surface area contributed by atoms with Gasteiger partial charge in [-0.25, -0.2) is 4.98 Å². The number of aromatic nitrogens is 2. The van der Waals surface area contributed by atoms with Crippen LogP contribution in [0.25, 0.3) is 0 Å². The molecule has 16 heavy (non-hydrogen) atoms. The lowest BCUT2D eigenvalue weighted by molar-refractivity contribution is 0.0951. The van der Waals surface area contributed by atoms with Crippen LogP contribution in [0.3, 0.4) is 0 Å². The largest absolute Gasteiger partial charge is 0.347 e. The number of thiazole rings is 1. The van der Waals surface area contributed by atoms with Crippen LogP contribution < -0.4 is 5.32 Å². The van der Waals surface area contributed by atoms with Gasteiger partial charge in [0.25, 0.3) is 5.91 Å². The molecule has 1 amide bonds. The minimum absolute atomic E-state index is 0.169. The van der Waals surface area contributed by atoms with Gasteiger partial charge in [0.2, 0.25) is 0 Å². The molecule has 2 aromatic heterocycles. The third-order valence-electron chi connectivity index (χ3n) is 1.90. The predicted octanol–water partition coefficient (Wildman–Crippen LogP) is 2.12. The summed E-state index contributed by atoms with van der Waals surface area (Å²) in [4.78, 5) is 20.4. The molecule has 0 aromatic carbocycles. The van der Waals surface area contributed by atoms with Crippen molar-refractivity contribution in [2.24, 2.45) is 0 Å². The Labute approximate surface area is 101 Å². The normalized spacial score (nSPS) is 10.1. The lowest BCUT2D eigenvalue weighted by Gasteiger charge is -2.03. The highest BCUT2D eigenvalue weighted by Gasteiger charge is 2.06. The Hall–Kier alpha value is -1.46. The predicted molar refractivity (Wildman–Crippen MR) is 62.5 cm³/mol. The molecule has 2 heterocycles. The van der Waals surface area contributed by atoms with Crippen LogP contribution in [-0.4, -0.2) is 15.9 Å². The lowest BCUT2D eigenvalue weighted by Crippen LogP contribution is -2.22. The van der Waals surface area contributed by atoms with E-state index in [1.54, 1.807) is 17.8 Å². The van der Waals surface area contributed by atoms with Crippen molar-refractivity contribution in [3.8, 4) is 0 Å². The maximum Gasteiger partial charge on any atom is 0.251 e. The highest BCUT2D eigenvalue weighted by atomic mass is 35.5. The van der Waals surface area contributed by atoms with Crippen LogP contribution in [0.1, 0.15) is 15.2 Å². The molecule has 0 unspecified atom stereocenters. The van der Waals surface area contributed by atoms with E-state index in [0.717, 1.165) is 4.88 Å². The molecule has 0 bridgehead atoms. The highest BCUT2D eigenvalue weighted by Crippen LogP contribution is 2.08. The number of hydrogen-bond donors (Lipinski definition) is 1. The Morgan fingerprint density at radius 1 is 1.56 bits per heavy atom. The molecule has 82 valence electrons. The summed E-state index contributed by atoms with van der Waals surface area (Å²) >= 11 is 7.19. The van der Waals surface area contributed by atoms with Crippen LogP contribution in [0.5, 0.6) is 0 Å². The zero-order chi connectivity index (χ0) is 11.4. The van der Waals surface area contributed by atoms with Gasteiger partial charge in [-0.15, -0.1) is 11.3 Å². The quantitative estimate of drug-likeness (QED) is 0.853. The number of nitrogens with zero attached hydrogens (tertiary/aromatic N) is 2. The van der Waals surface area contributed by atoms with E-state index in [0.29, 0.717) is 17.3 Å². The van der Waals surface area contributed by atoms with Gasteiger partial charge in [-0.05, 0) is 12.1 Å². The maximum atomic E-state index is 11.7. The standard InChI is InChI=1S/C10H8ClN3OS/c11-9-3-7(1-2-13-9)10(15)14-5-8-4-12-6-16-8/h1-4,6H,5H2,(H,14,15). The van der Waals surface area contributed by atoms with Gasteiger partial charge < -0.3 is 5.32 Å². The van der Waals surface area contributed by atoms with Crippen LogP contribution in [0.2, 0.25) is 5.15 Å². The van der Waals surface area contributed by atoms with Crippen molar-refractivity contribution < 1.29 is 4.79 Å². The molecule has 2 rings (SSSR count). The molecular formula is C10H8ClN3OS. The van der Waals surface area contributed by atoms with Gasteiger partial charge in [-0.2, -0.15) is 0 Å². The first-order chi connectivity index (χ1) is 7.75. The number of halogens is 1. The van der Waals surface area contributed by atoms with E-state index >= 15 is 0 Å². The van der Waals surface area contributed by atoms with Crippen molar-refractivity contribution in [2.75, 3.05) is 0 Å². The number of pyridine rings is 1. The van der Waals surface area contributed by atoms with Crippen molar-refractivity contribution >= 4 is 28.8 Å². The maximum absolute atomic E-state index is 11.7. The molecule has 0 aliphatic carbocycles. The van der Waals surface area contributed by atoms with Gasteiger partial charge in [0.05, 0.1) is 12.1 Å². The summed E-state index contributed by atoms with van der Waals surface area (Å²) in [5.74, 6) is -0.169. The van der Waals surface area contributed by atoms with Crippen LogP contribution in [-0.2, 0) is 6.54 Å². The average molecular weight is 254 g/mol. The highest BCUT2D eigenvalue weighted by molar-refractivity contribution is 7.09. The second-order valence-corrected chi connectivity index (χ2v) is 4.38. The Kier molecular flexibility index (Phi) is 3.48. The second kappa shape index (κ2) is 5.05. The Balaban J connectivity index is 1.98. The smallest absolute Gasteiger partial charge is 0.251 e. The first-order valence-corrected chi connectivity index (χ1v) is 5.78. The number of amides is 1. The Morgan fingerprint density at radius 2 is 2.44 bits per heavy atom. The van der Waals surface area contributed by atoms with Crippen molar-refractivity contribution in [1.82, 2.24) is 15.3 Å². The van der Waals surface area contributed by atoms with Crippen LogP contribution in [0, 0.1) is 0 Å². The van der Waals surface area contributed by atoms with Crippen molar-refractivity contribution in [3.05, 3.63) is 45.6 Å². The molecule has 0 saturated carbocycles. The molecule has 6 heteroatoms. The van der Waals surface area contributed by atoms with E-state index in [-0.39, 0.29) is 5.91 Å². The van der Waals surface area contributed by atoms with Crippen molar-refractivity contribution in [1.29, 1.82) is 0 Å². The molecule has 0 saturated heterocycles. The van der Waals surface area contributed by atoms with E-state index in [9.17, 15) is 4.79 Å². The zero-order valence-corrected chi connectivity index (χ0v) is 9.76. The molecule has 4 nitrogen and oxygen atoms in total. The fourth-order valence-corrected chi connectivity index (χ4v) is 1.85. The van der Waals surface area contributed by atoms with E-state index < -0.39 is 0 Å². The van der Waals surface area contributed by atoms with E-state index in [1.807, 2.05) is 0 Å². The lowest BCUT2D eigenvalue weighted by atomic mass is 10.2. The fraction of sp³-hybridized carbons (Fsp3) is 0.100. The zero-order valence-electron chi connectivity index (χ0n) is 8.18. The first-order valence-electron chi connectivity index (χ1n) is 4.53. The molecular weight excluding hydrogens is 246 g/mol. The number of hydrogen-bond acceptors (Lipinski definition) is 4. The molecule has 1 N–H and O–H groups in total. The number of rotatable bonds is 3. The molecule has 0 radical (unpaired) electrons. The van der Waals surface area contributed by atoms with E-state index in [1.165, 1.54) is 23.6 Å². The number of carbonyl (C=O) groups excluding carboxylic acids is 1. The van der Waals surface area contributed by atoms with Gasteiger partial charge >= 0.3 is 0 Å². The van der Waals surface area contributed by atoms with E-state index in [2.05, 4.69) is 15.3 Å². The third kappa shape index (κ3) is 2.77. The summed E-state index contributed by atoms with van der Waals surface area (Å²) in [6.45, 7) is 0.476. The summed E-state index contributed by atoms with van der Waals surface area (Å²) in [7, 11) is 0. The monoisotopic (exact) mass is 253 g/mol. The Morgan fingerprint density at radius 3 is 3.12 bits per heavy atom. The van der Waals surface area contributed by atoms with Crippen molar-refractivity contribution in [3.63, 3.8) is 0 Å². The summed E-state index contributed by atoms with van der Waals surface area (Å²) in [5, 5.41) is 3.08. The minimum Gasteiger partial charge on any atom is -0.347 e. The van der Waals surface area contributed by atoms with E-state index in [4.69, 9.17) is 11.6 Å². The van der Waals surface area contributed by atoms with Gasteiger partial charge in [0, 0.05) is 22.8 Å². The third-order valence-corrected chi connectivity index (χ3v) is 2.88. The summed E-state index contributed by atoms with van der Waals surface area (Å²) in [6.07, 6.45) is 3.23. The van der Waals surface area contributed by atoms with Gasteiger partial charge in [0.1, 0.15) is 5.15 Å². The molecule has 0 aliphatic heterocycles. The molecule has 2 aromatic rings. The topological polar surface area (TPSA) is 54.9 Å². The minimum atomic E-state index is -0.169. The second-order valence-electron chi connectivity index (χ2n) is 3.02. The Bertz CT molecular complexity index is 487. The SMILES string of the molecule is O=C(NCc1cncs1)c1ccnc(Cl)c1. The summed E-state index contributed by atoms with van der Waals surface area (Å²) in [5.41, 5.74) is 2.23. The van der Waals surface area contributed by atoms with Crippen molar-refractivity contribution in [2.45, 2.75) is 6.54 Å². The average Bonchev–Trinajstić information content (AvgIpc) is 2.78. The van der Waals surface area contributed by atoms with Gasteiger partial charge in [-0.3, -0.25) is 9.78 Å². The molecule has 0 fully saturated rings. The summed E-state index contributed by atoms with van der Waals surface area (Å²) in [6, 6.07) is 3.15. The number of nitrogens with one attached hydrogen (secondary N) is 1. The van der Waals surface area contributed by atoms with Crippen LogP contribution in [0.4, 0.5) is 0 Å². The summed E-state index contributed by atoms with van der Waals surface area (Å²) < 4.78 is 0.